The van der Waals surface area contributed by atoms with E-state index < -0.39 is 0 Å². The minimum absolute atomic E-state index is 0.133. The lowest BCUT2D eigenvalue weighted by Crippen LogP contribution is -2.11. The molecule has 0 spiro atoms. The Bertz CT molecular complexity index is 516. The third kappa shape index (κ3) is 2.23. The number of anilines is 2. The van der Waals surface area contributed by atoms with Crippen molar-refractivity contribution in [3.8, 4) is 0 Å². The number of nitrogen functional groups attached to an aromatic ring is 1. The van der Waals surface area contributed by atoms with E-state index in [1.807, 2.05) is 17.8 Å². The number of carbonyl (C=O) groups is 1. The lowest BCUT2D eigenvalue weighted by molar-refractivity contribution is 0.102. The number of amides is 1. The minimum atomic E-state index is -0.133. The van der Waals surface area contributed by atoms with E-state index in [1.54, 1.807) is 36.5 Å². The van der Waals surface area contributed by atoms with E-state index in [0.717, 1.165) is 0 Å². The van der Waals surface area contributed by atoms with Gasteiger partial charge in [0.25, 0.3) is 5.91 Å². The van der Waals surface area contributed by atoms with Gasteiger partial charge >= 0.3 is 0 Å². The summed E-state index contributed by atoms with van der Waals surface area (Å²) in [5.41, 5.74) is 7.58. The lowest BCUT2D eigenvalue weighted by atomic mass is 10.2. The van der Waals surface area contributed by atoms with Gasteiger partial charge in [0, 0.05) is 30.8 Å². The van der Waals surface area contributed by atoms with Gasteiger partial charge in [-0.25, -0.2) is 0 Å². The summed E-state index contributed by atoms with van der Waals surface area (Å²) in [4.78, 5) is 11.8. The molecule has 0 radical (unpaired) electrons. The molecular weight excluding hydrogens is 202 g/mol. The average molecular weight is 215 g/mol. The maximum atomic E-state index is 11.8. The number of hydrogen-bond donors (Lipinski definition) is 2. The number of nitrogens with zero attached hydrogens (tertiary/aromatic N) is 1. The summed E-state index contributed by atoms with van der Waals surface area (Å²) in [5.74, 6) is -0.133. The van der Waals surface area contributed by atoms with Gasteiger partial charge in [0.15, 0.2) is 0 Å². The standard InChI is InChI=1S/C12H13N3O/c1-15-6-5-9(8-15)12(16)14-11-4-2-3-10(13)7-11/h2-8H,13H2,1H3,(H,14,16). The molecule has 16 heavy (non-hydrogen) atoms. The number of hydrogen-bond acceptors (Lipinski definition) is 2. The van der Waals surface area contributed by atoms with E-state index in [9.17, 15) is 4.79 Å². The van der Waals surface area contributed by atoms with Crippen molar-refractivity contribution in [3.05, 3.63) is 48.3 Å². The maximum Gasteiger partial charge on any atom is 0.257 e. The third-order valence-electron chi connectivity index (χ3n) is 2.24. The molecule has 0 aliphatic heterocycles. The Hall–Kier alpha value is -2.23. The predicted octanol–water partition coefficient (Wildman–Crippen LogP) is 1.86. The van der Waals surface area contributed by atoms with E-state index in [-0.39, 0.29) is 5.91 Å². The van der Waals surface area contributed by atoms with Crippen LogP contribution in [-0.2, 0) is 7.05 Å². The van der Waals surface area contributed by atoms with Crippen LogP contribution in [-0.4, -0.2) is 10.5 Å². The molecule has 82 valence electrons. The fraction of sp³-hybridized carbons (Fsp3) is 0.0833. The topological polar surface area (TPSA) is 60.0 Å². The number of aromatic nitrogens is 1. The fourth-order valence-corrected chi connectivity index (χ4v) is 1.46. The van der Waals surface area contributed by atoms with Crippen LogP contribution in [0.4, 0.5) is 11.4 Å². The molecule has 0 bridgehead atoms. The highest BCUT2D eigenvalue weighted by Crippen LogP contribution is 2.13. The molecule has 0 saturated heterocycles. The Morgan fingerprint density at radius 2 is 2.19 bits per heavy atom. The molecule has 4 nitrogen and oxygen atoms in total. The first-order valence-corrected chi connectivity index (χ1v) is 4.94. The highest BCUT2D eigenvalue weighted by molar-refractivity contribution is 6.04. The van der Waals surface area contributed by atoms with Gasteiger partial charge in [0.1, 0.15) is 0 Å². The van der Waals surface area contributed by atoms with Crippen molar-refractivity contribution in [2.45, 2.75) is 0 Å². The van der Waals surface area contributed by atoms with Crippen molar-refractivity contribution in [3.63, 3.8) is 0 Å². The molecule has 1 aromatic heterocycles. The van der Waals surface area contributed by atoms with Gasteiger partial charge in [0.05, 0.1) is 5.56 Å². The van der Waals surface area contributed by atoms with E-state index >= 15 is 0 Å². The van der Waals surface area contributed by atoms with E-state index in [0.29, 0.717) is 16.9 Å². The largest absolute Gasteiger partial charge is 0.399 e. The molecule has 0 atom stereocenters. The number of aryl methyl sites for hydroxylation is 1. The van der Waals surface area contributed by atoms with Crippen molar-refractivity contribution in [2.24, 2.45) is 7.05 Å². The predicted molar refractivity (Wildman–Crippen MR) is 64.2 cm³/mol. The zero-order valence-corrected chi connectivity index (χ0v) is 8.97. The van der Waals surface area contributed by atoms with E-state index in [2.05, 4.69) is 5.32 Å². The molecule has 2 rings (SSSR count). The van der Waals surface area contributed by atoms with Crippen LogP contribution < -0.4 is 11.1 Å². The molecule has 0 fully saturated rings. The van der Waals surface area contributed by atoms with Crippen LogP contribution in [0.25, 0.3) is 0 Å². The molecule has 1 amide bonds. The molecule has 1 aromatic carbocycles. The third-order valence-corrected chi connectivity index (χ3v) is 2.24. The summed E-state index contributed by atoms with van der Waals surface area (Å²) in [6, 6.07) is 8.87. The second-order valence-electron chi connectivity index (χ2n) is 3.65. The van der Waals surface area contributed by atoms with Crippen LogP contribution in [0.3, 0.4) is 0 Å². The Labute approximate surface area is 93.7 Å². The summed E-state index contributed by atoms with van der Waals surface area (Å²) >= 11 is 0. The van der Waals surface area contributed by atoms with Gasteiger partial charge in [-0.2, -0.15) is 0 Å². The van der Waals surface area contributed by atoms with Gasteiger partial charge < -0.3 is 15.6 Å². The van der Waals surface area contributed by atoms with E-state index in [4.69, 9.17) is 5.73 Å². The zero-order chi connectivity index (χ0) is 11.5. The Morgan fingerprint density at radius 3 is 2.81 bits per heavy atom. The highest BCUT2D eigenvalue weighted by Gasteiger charge is 2.06. The Morgan fingerprint density at radius 1 is 1.38 bits per heavy atom. The van der Waals surface area contributed by atoms with Crippen molar-refractivity contribution in [1.82, 2.24) is 4.57 Å². The smallest absolute Gasteiger partial charge is 0.257 e. The van der Waals surface area contributed by atoms with Gasteiger partial charge in [-0.15, -0.1) is 0 Å². The fourth-order valence-electron chi connectivity index (χ4n) is 1.46. The number of rotatable bonds is 2. The first-order valence-electron chi connectivity index (χ1n) is 4.94. The molecular formula is C12H13N3O. The second-order valence-corrected chi connectivity index (χ2v) is 3.65. The molecule has 0 aliphatic carbocycles. The summed E-state index contributed by atoms with van der Waals surface area (Å²) in [6.45, 7) is 0. The van der Waals surface area contributed by atoms with Gasteiger partial charge in [-0.1, -0.05) is 6.07 Å². The molecule has 0 unspecified atom stereocenters. The molecule has 0 saturated carbocycles. The number of nitrogens with two attached hydrogens (primary N) is 1. The molecule has 1 heterocycles. The van der Waals surface area contributed by atoms with Gasteiger partial charge in [-0.3, -0.25) is 4.79 Å². The summed E-state index contributed by atoms with van der Waals surface area (Å²) < 4.78 is 1.83. The quantitative estimate of drug-likeness (QED) is 0.751. The van der Waals surface area contributed by atoms with Crippen LogP contribution in [0.5, 0.6) is 0 Å². The van der Waals surface area contributed by atoms with Gasteiger partial charge in [0.2, 0.25) is 0 Å². The summed E-state index contributed by atoms with van der Waals surface area (Å²) in [6.07, 6.45) is 3.59. The van der Waals surface area contributed by atoms with Crippen LogP contribution in [0.1, 0.15) is 10.4 Å². The number of carbonyl (C=O) groups excluding carboxylic acids is 1. The Balaban J connectivity index is 2.13. The van der Waals surface area contributed by atoms with E-state index in [1.165, 1.54) is 0 Å². The Kier molecular flexibility index (Phi) is 2.64. The minimum Gasteiger partial charge on any atom is -0.399 e. The first kappa shape index (κ1) is 10.3. The normalized spacial score (nSPS) is 10.1. The second kappa shape index (κ2) is 4.10. The number of benzene rings is 1. The number of nitrogens with one attached hydrogen (secondary N) is 1. The van der Waals surface area contributed by atoms with Gasteiger partial charge in [-0.05, 0) is 24.3 Å². The SMILES string of the molecule is Cn1ccc(C(=O)Nc2cccc(N)c2)c1. The maximum absolute atomic E-state index is 11.8. The molecule has 3 N–H and O–H groups in total. The lowest BCUT2D eigenvalue weighted by Gasteiger charge is -2.04. The van der Waals surface area contributed by atoms with Crippen LogP contribution in [0, 0.1) is 0 Å². The average Bonchev–Trinajstić information content (AvgIpc) is 2.65. The molecule has 0 aliphatic rings. The molecule has 2 aromatic rings. The van der Waals surface area contributed by atoms with Crippen LogP contribution in [0.15, 0.2) is 42.7 Å². The summed E-state index contributed by atoms with van der Waals surface area (Å²) in [7, 11) is 1.87. The van der Waals surface area contributed by atoms with Crippen molar-refractivity contribution in [1.29, 1.82) is 0 Å². The van der Waals surface area contributed by atoms with Crippen molar-refractivity contribution < 1.29 is 4.79 Å². The van der Waals surface area contributed by atoms with Crippen molar-refractivity contribution >= 4 is 17.3 Å². The van der Waals surface area contributed by atoms with Crippen LogP contribution >= 0.6 is 0 Å². The molecule has 4 heteroatoms. The zero-order valence-electron chi connectivity index (χ0n) is 8.97. The summed E-state index contributed by atoms with van der Waals surface area (Å²) in [5, 5.41) is 2.78. The first-order chi connectivity index (χ1) is 7.65. The monoisotopic (exact) mass is 215 g/mol. The van der Waals surface area contributed by atoms with Crippen molar-refractivity contribution in [2.75, 3.05) is 11.1 Å². The van der Waals surface area contributed by atoms with Crippen LogP contribution in [0.2, 0.25) is 0 Å². The highest BCUT2D eigenvalue weighted by atomic mass is 16.1.